The summed E-state index contributed by atoms with van der Waals surface area (Å²) in [7, 11) is 0. The fraction of sp³-hybridized carbons (Fsp3) is 0.643. The highest BCUT2D eigenvalue weighted by Gasteiger charge is 2.29. The number of nitrogens with zero attached hydrogens (tertiary/aromatic N) is 2. The van der Waals surface area contributed by atoms with Crippen molar-refractivity contribution in [2.24, 2.45) is 5.92 Å². The zero-order chi connectivity index (χ0) is 12.3. The minimum atomic E-state index is 0.0721. The van der Waals surface area contributed by atoms with Crippen molar-refractivity contribution in [2.75, 3.05) is 11.4 Å². The maximum atomic E-state index is 9.01. The van der Waals surface area contributed by atoms with Crippen LogP contribution in [0.25, 0.3) is 0 Å². The van der Waals surface area contributed by atoms with Crippen molar-refractivity contribution >= 4 is 5.82 Å². The number of hydrogen-bond acceptors (Lipinski definition) is 3. The van der Waals surface area contributed by atoms with Gasteiger partial charge in [0.2, 0.25) is 0 Å². The molecule has 1 aromatic heterocycles. The SMILES string of the molecule is CC(C)CCN(c1ccc(CO)cn1)C1CC1. The molecule has 1 aliphatic rings. The smallest absolute Gasteiger partial charge is 0.128 e. The number of aromatic nitrogens is 1. The Kier molecular flexibility index (Phi) is 4.00. The molecule has 17 heavy (non-hydrogen) atoms. The molecule has 0 spiro atoms. The van der Waals surface area contributed by atoms with Crippen molar-refractivity contribution in [1.29, 1.82) is 0 Å². The zero-order valence-corrected chi connectivity index (χ0v) is 10.8. The van der Waals surface area contributed by atoms with Gasteiger partial charge in [0.15, 0.2) is 0 Å². The molecule has 1 aliphatic carbocycles. The van der Waals surface area contributed by atoms with Crippen molar-refractivity contribution in [3.63, 3.8) is 0 Å². The third kappa shape index (κ3) is 3.43. The molecule has 3 nitrogen and oxygen atoms in total. The summed E-state index contributed by atoms with van der Waals surface area (Å²) in [6, 6.07) is 4.69. The number of anilines is 1. The summed E-state index contributed by atoms with van der Waals surface area (Å²) in [4.78, 5) is 6.87. The number of hydrogen-bond donors (Lipinski definition) is 1. The van der Waals surface area contributed by atoms with Crippen LogP contribution in [0.5, 0.6) is 0 Å². The lowest BCUT2D eigenvalue weighted by Gasteiger charge is -2.24. The van der Waals surface area contributed by atoms with Crippen LogP contribution in [0.15, 0.2) is 18.3 Å². The third-order valence-electron chi connectivity index (χ3n) is 3.22. The minimum Gasteiger partial charge on any atom is -0.392 e. The molecule has 3 heteroatoms. The van der Waals surface area contributed by atoms with Crippen LogP contribution in [-0.4, -0.2) is 22.7 Å². The fourth-order valence-corrected chi connectivity index (χ4v) is 1.95. The van der Waals surface area contributed by atoms with Gasteiger partial charge >= 0.3 is 0 Å². The van der Waals surface area contributed by atoms with Gasteiger partial charge in [0.05, 0.1) is 6.61 Å². The molecule has 1 saturated carbocycles. The van der Waals surface area contributed by atoms with Gasteiger partial charge < -0.3 is 10.0 Å². The summed E-state index contributed by atoms with van der Waals surface area (Å²) in [5.41, 5.74) is 0.883. The second-order valence-corrected chi connectivity index (χ2v) is 5.29. The minimum absolute atomic E-state index is 0.0721. The second kappa shape index (κ2) is 5.50. The predicted octanol–water partition coefficient (Wildman–Crippen LogP) is 2.59. The van der Waals surface area contributed by atoms with Gasteiger partial charge in [-0.05, 0) is 36.8 Å². The van der Waals surface area contributed by atoms with Crippen LogP contribution in [0.3, 0.4) is 0 Å². The molecule has 0 aliphatic heterocycles. The van der Waals surface area contributed by atoms with Crippen LogP contribution in [-0.2, 0) is 6.61 Å². The molecule has 1 heterocycles. The topological polar surface area (TPSA) is 36.4 Å². The molecule has 94 valence electrons. The average molecular weight is 234 g/mol. The van der Waals surface area contributed by atoms with Crippen molar-refractivity contribution in [3.05, 3.63) is 23.9 Å². The Balaban J connectivity index is 2.03. The lowest BCUT2D eigenvalue weighted by molar-refractivity contribution is 0.281. The van der Waals surface area contributed by atoms with Gasteiger partial charge in [-0.25, -0.2) is 4.98 Å². The van der Waals surface area contributed by atoms with E-state index in [1.165, 1.54) is 19.3 Å². The normalized spacial score (nSPS) is 15.3. The predicted molar refractivity (Wildman–Crippen MR) is 70.0 cm³/mol. The van der Waals surface area contributed by atoms with Crippen molar-refractivity contribution in [1.82, 2.24) is 4.98 Å². The first-order chi connectivity index (χ1) is 8.20. The molecule has 0 amide bonds. The maximum absolute atomic E-state index is 9.01. The molecular weight excluding hydrogens is 212 g/mol. The Bertz CT molecular complexity index is 344. The van der Waals surface area contributed by atoms with Crippen LogP contribution in [0.4, 0.5) is 5.82 Å². The van der Waals surface area contributed by atoms with Gasteiger partial charge in [0, 0.05) is 18.8 Å². The Hall–Kier alpha value is -1.09. The van der Waals surface area contributed by atoms with E-state index in [0.29, 0.717) is 6.04 Å². The van der Waals surface area contributed by atoms with E-state index in [2.05, 4.69) is 23.7 Å². The Labute approximate surface area is 103 Å². The summed E-state index contributed by atoms with van der Waals surface area (Å²) in [6.45, 7) is 5.68. The fourth-order valence-electron chi connectivity index (χ4n) is 1.95. The van der Waals surface area contributed by atoms with Crippen molar-refractivity contribution in [3.8, 4) is 0 Å². The standard InChI is InChI=1S/C14H22N2O/c1-11(2)7-8-16(13-4-5-13)14-6-3-12(10-17)9-15-14/h3,6,9,11,13,17H,4-5,7-8,10H2,1-2H3. The largest absolute Gasteiger partial charge is 0.392 e. The van der Waals surface area contributed by atoms with Gasteiger partial charge in [0.1, 0.15) is 5.82 Å². The maximum Gasteiger partial charge on any atom is 0.128 e. The average Bonchev–Trinajstić information content (AvgIpc) is 3.14. The van der Waals surface area contributed by atoms with Crippen LogP contribution in [0, 0.1) is 5.92 Å². The van der Waals surface area contributed by atoms with E-state index < -0.39 is 0 Å². The second-order valence-electron chi connectivity index (χ2n) is 5.29. The van der Waals surface area contributed by atoms with E-state index in [1.54, 1.807) is 6.20 Å². The molecule has 0 unspecified atom stereocenters. The molecule has 1 aromatic rings. The summed E-state index contributed by atoms with van der Waals surface area (Å²) < 4.78 is 0. The summed E-state index contributed by atoms with van der Waals surface area (Å²) in [6.07, 6.45) is 5.57. The van der Waals surface area contributed by atoms with E-state index in [9.17, 15) is 0 Å². The molecule has 0 bridgehead atoms. The number of aliphatic hydroxyl groups excluding tert-OH is 1. The quantitative estimate of drug-likeness (QED) is 0.822. The van der Waals surface area contributed by atoms with Gasteiger partial charge in [0.25, 0.3) is 0 Å². The summed E-state index contributed by atoms with van der Waals surface area (Å²) >= 11 is 0. The van der Waals surface area contributed by atoms with Crippen molar-refractivity contribution in [2.45, 2.75) is 45.8 Å². The van der Waals surface area contributed by atoms with E-state index >= 15 is 0 Å². The first-order valence-electron chi connectivity index (χ1n) is 6.53. The Morgan fingerprint density at radius 1 is 1.41 bits per heavy atom. The Morgan fingerprint density at radius 2 is 2.18 bits per heavy atom. The van der Waals surface area contributed by atoms with E-state index in [4.69, 9.17) is 5.11 Å². The van der Waals surface area contributed by atoms with Gasteiger partial charge in [-0.1, -0.05) is 19.9 Å². The van der Waals surface area contributed by atoms with Crippen LogP contribution in [0.2, 0.25) is 0 Å². The Morgan fingerprint density at radius 3 is 2.65 bits per heavy atom. The molecule has 1 fully saturated rings. The van der Waals surface area contributed by atoms with Gasteiger partial charge in [-0.2, -0.15) is 0 Å². The van der Waals surface area contributed by atoms with E-state index in [-0.39, 0.29) is 6.61 Å². The van der Waals surface area contributed by atoms with Crippen LogP contribution in [0.1, 0.15) is 38.7 Å². The van der Waals surface area contributed by atoms with E-state index in [0.717, 1.165) is 23.8 Å². The lowest BCUT2D eigenvalue weighted by atomic mass is 10.1. The summed E-state index contributed by atoms with van der Waals surface area (Å²) in [5.74, 6) is 1.79. The monoisotopic (exact) mass is 234 g/mol. The highest BCUT2D eigenvalue weighted by molar-refractivity contribution is 5.42. The lowest BCUT2D eigenvalue weighted by Crippen LogP contribution is -2.28. The third-order valence-corrected chi connectivity index (χ3v) is 3.22. The molecule has 2 rings (SSSR count). The molecule has 0 aromatic carbocycles. The molecule has 0 radical (unpaired) electrons. The highest BCUT2D eigenvalue weighted by Crippen LogP contribution is 2.31. The van der Waals surface area contributed by atoms with Crippen molar-refractivity contribution < 1.29 is 5.11 Å². The molecular formula is C14H22N2O. The van der Waals surface area contributed by atoms with E-state index in [1.807, 2.05) is 12.1 Å². The van der Waals surface area contributed by atoms with Gasteiger partial charge in [-0.15, -0.1) is 0 Å². The van der Waals surface area contributed by atoms with Crippen LogP contribution >= 0.6 is 0 Å². The number of pyridine rings is 1. The van der Waals surface area contributed by atoms with Crippen LogP contribution < -0.4 is 4.90 Å². The highest BCUT2D eigenvalue weighted by atomic mass is 16.3. The molecule has 0 saturated heterocycles. The number of rotatable bonds is 6. The molecule has 1 N–H and O–H groups in total. The molecule has 0 atom stereocenters. The number of aliphatic hydroxyl groups is 1. The first kappa shape index (κ1) is 12.4. The summed E-state index contributed by atoms with van der Waals surface area (Å²) in [5, 5.41) is 9.01. The van der Waals surface area contributed by atoms with Gasteiger partial charge in [-0.3, -0.25) is 0 Å². The zero-order valence-electron chi connectivity index (χ0n) is 10.8. The first-order valence-corrected chi connectivity index (χ1v) is 6.53.